The summed E-state index contributed by atoms with van der Waals surface area (Å²) in [7, 11) is 0. The molecule has 0 heterocycles. The molecule has 1 rings (SSSR count). The lowest BCUT2D eigenvalue weighted by molar-refractivity contribution is 0.530. The molecule has 0 bridgehead atoms. The molecule has 0 aromatic heterocycles. The lowest BCUT2D eigenvalue weighted by Gasteiger charge is -2.11. The van der Waals surface area contributed by atoms with Crippen LogP contribution in [-0.4, -0.2) is 0 Å². The van der Waals surface area contributed by atoms with Gasteiger partial charge in [-0.05, 0) is 24.1 Å². The second kappa shape index (κ2) is 10.8. The number of nitrogens with two attached hydrogens (primary N) is 1. The van der Waals surface area contributed by atoms with Gasteiger partial charge in [0, 0.05) is 6.04 Å². The van der Waals surface area contributed by atoms with E-state index in [0.717, 1.165) is 18.4 Å². The topological polar surface area (TPSA) is 26.0 Å². The van der Waals surface area contributed by atoms with E-state index in [2.05, 4.69) is 6.92 Å². The zero-order chi connectivity index (χ0) is 14.6. The van der Waals surface area contributed by atoms with Crippen molar-refractivity contribution in [3.63, 3.8) is 0 Å². The quantitative estimate of drug-likeness (QED) is 0.513. The molecule has 1 nitrogen and oxygen atoms in total. The van der Waals surface area contributed by atoms with E-state index in [1.165, 1.54) is 57.4 Å². The first kappa shape index (κ1) is 17.2. The van der Waals surface area contributed by atoms with Gasteiger partial charge >= 0.3 is 0 Å². The summed E-state index contributed by atoms with van der Waals surface area (Å²) in [6.45, 7) is 2.25. The maximum absolute atomic E-state index is 13.1. The first-order valence-electron chi connectivity index (χ1n) is 8.25. The van der Waals surface area contributed by atoms with E-state index < -0.39 is 0 Å². The van der Waals surface area contributed by atoms with Crippen molar-refractivity contribution >= 4 is 0 Å². The maximum atomic E-state index is 13.1. The molecule has 1 atom stereocenters. The Morgan fingerprint density at radius 1 is 0.950 bits per heavy atom. The van der Waals surface area contributed by atoms with Crippen molar-refractivity contribution in [1.82, 2.24) is 0 Å². The highest BCUT2D eigenvalue weighted by Crippen LogP contribution is 2.19. The second-order valence-electron chi connectivity index (χ2n) is 5.78. The lowest BCUT2D eigenvalue weighted by Crippen LogP contribution is -2.10. The van der Waals surface area contributed by atoms with E-state index >= 15 is 0 Å². The Morgan fingerprint density at radius 3 is 2.15 bits per heavy atom. The summed E-state index contributed by atoms with van der Waals surface area (Å²) in [4.78, 5) is 0. The Bertz CT molecular complexity index is 351. The Morgan fingerprint density at radius 2 is 1.55 bits per heavy atom. The third-order valence-electron chi connectivity index (χ3n) is 3.90. The molecule has 114 valence electrons. The number of halogens is 1. The normalized spacial score (nSPS) is 12.6. The zero-order valence-electron chi connectivity index (χ0n) is 12.9. The third-order valence-corrected chi connectivity index (χ3v) is 3.90. The van der Waals surface area contributed by atoms with Crippen LogP contribution < -0.4 is 5.73 Å². The third kappa shape index (κ3) is 7.64. The summed E-state index contributed by atoms with van der Waals surface area (Å²) in [5, 5.41) is 0. The molecule has 0 radical (unpaired) electrons. The highest BCUT2D eigenvalue weighted by atomic mass is 19.1. The molecule has 0 fully saturated rings. The van der Waals surface area contributed by atoms with Crippen molar-refractivity contribution in [2.45, 2.75) is 77.2 Å². The summed E-state index contributed by atoms with van der Waals surface area (Å²) in [5.74, 6) is -0.190. The molecule has 0 aliphatic carbocycles. The Labute approximate surface area is 123 Å². The van der Waals surface area contributed by atoms with Crippen LogP contribution in [0.25, 0.3) is 0 Å². The van der Waals surface area contributed by atoms with E-state index in [-0.39, 0.29) is 11.9 Å². The first-order chi connectivity index (χ1) is 9.74. The molecule has 20 heavy (non-hydrogen) atoms. The molecule has 0 aliphatic rings. The number of hydrogen-bond donors (Lipinski definition) is 1. The fourth-order valence-corrected chi connectivity index (χ4v) is 2.58. The first-order valence-corrected chi connectivity index (χ1v) is 8.25. The molecule has 2 N–H and O–H groups in total. The fourth-order valence-electron chi connectivity index (χ4n) is 2.58. The van der Waals surface area contributed by atoms with E-state index in [9.17, 15) is 4.39 Å². The van der Waals surface area contributed by atoms with Gasteiger partial charge in [0.1, 0.15) is 5.82 Å². The monoisotopic (exact) mass is 279 g/mol. The predicted octanol–water partition coefficient (Wildman–Crippen LogP) is 5.75. The van der Waals surface area contributed by atoms with Crippen LogP contribution in [0, 0.1) is 5.82 Å². The van der Waals surface area contributed by atoms with Crippen LogP contribution in [0.4, 0.5) is 4.39 Å². The Hall–Kier alpha value is -0.890. The summed E-state index contributed by atoms with van der Waals surface area (Å²) in [5.41, 5.74) is 7.01. The van der Waals surface area contributed by atoms with E-state index in [4.69, 9.17) is 5.73 Å². The highest BCUT2D eigenvalue weighted by molar-refractivity contribution is 5.19. The van der Waals surface area contributed by atoms with Crippen LogP contribution in [0.15, 0.2) is 24.3 Å². The van der Waals surface area contributed by atoms with Crippen molar-refractivity contribution in [1.29, 1.82) is 0 Å². The average molecular weight is 279 g/mol. The van der Waals surface area contributed by atoms with Crippen LogP contribution >= 0.6 is 0 Å². The molecule has 0 amide bonds. The largest absolute Gasteiger partial charge is 0.324 e. The van der Waals surface area contributed by atoms with Gasteiger partial charge in [0.15, 0.2) is 0 Å². The Balaban J connectivity index is 2.01. The zero-order valence-corrected chi connectivity index (χ0v) is 12.9. The number of rotatable bonds is 11. The van der Waals surface area contributed by atoms with Crippen LogP contribution in [0.2, 0.25) is 0 Å². The van der Waals surface area contributed by atoms with Crippen molar-refractivity contribution in [2.24, 2.45) is 5.73 Å². The molecule has 1 aromatic rings. The summed E-state index contributed by atoms with van der Waals surface area (Å²) >= 11 is 0. The van der Waals surface area contributed by atoms with Crippen LogP contribution in [0.3, 0.4) is 0 Å². The summed E-state index contributed by atoms with van der Waals surface area (Å²) in [6.07, 6.45) is 12.8. The molecule has 1 unspecified atom stereocenters. The Kier molecular flexibility index (Phi) is 9.31. The van der Waals surface area contributed by atoms with Crippen molar-refractivity contribution in [3.05, 3.63) is 35.6 Å². The summed E-state index contributed by atoms with van der Waals surface area (Å²) < 4.78 is 13.1. The molecular weight excluding hydrogens is 249 g/mol. The molecule has 0 aliphatic heterocycles. The van der Waals surface area contributed by atoms with Gasteiger partial charge < -0.3 is 5.73 Å². The van der Waals surface area contributed by atoms with Gasteiger partial charge in [0.2, 0.25) is 0 Å². The van der Waals surface area contributed by atoms with Crippen molar-refractivity contribution < 1.29 is 4.39 Å². The molecule has 2 heteroatoms. The molecule has 0 saturated carbocycles. The molecular formula is C18H30FN. The van der Waals surface area contributed by atoms with E-state index in [1.807, 2.05) is 6.07 Å². The molecule has 1 aromatic carbocycles. The standard InChI is InChI=1S/C18H30FN/c1-2-3-4-5-6-7-8-9-10-14-18(20)16-12-11-13-17(19)15-16/h11-13,15,18H,2-10,14,20H2,1H3. The van der Waals surface area contributed by atoms with Crippen molar-refractivity contribution in [2.75, 3.05) is 0 Å². The minimum absolute atomic E-state index is 0.0183. The summed E-state index contributed by atoms with van der Waals surface area (Å²) in [6, 6.07) is 6.66. The van der Waals surface area contributed by atoms with Gasteiger partial charge in [-0.25, -0.2) is 4.39 Å². The number of benzene rings is 1. The SMILES string of the molecule is CCCCCCCCCCCC(N)c1cccc(F)c1. The fraction of sp³-hybridized carbons (Fsp3) is 0.667. The van der Waals surface area contributed by atoms with Crippen LogP contribution in [0.1, 0.15) is 82.7 Å². The van der Waals surface area contributed by atoms with Crippen LogP contribution in [0.5, 0.6) is 0 Å². The number of hydrogen-bond acceptors (Lipinski definition) is 1. The van der Waals surface area contributed by atoms with Gasteiger partial charge in [-0.3, -0.25) is 0 Å². The maximum Gasteiger partial charge on any atom is 0.123 e. The van der Waals surface area contributed by atoms with Gasteiger partial charge in [-0.2, -0.15) is 0 Å². The smallest absolute Gasteiger partial charge is 0.123 e. The predicted molar refractivity (Wildman–Crippen MR) is 85.2 cm³/mol. The van der Waals surface area contributed by atoms with Crippen molar-refractivity contribution in [3.8, 4) is 0 Å². The van der Waals surface area contributed by atoms with Gasteiger partial charge in [0.25, 0.3) is 0 Å². The second-order valence-corrected chi connectivity index (χ2v) is 5.78. The van der Waals surface area contributed by atoms with Crippen LogP contribution in [-0.2, 0) is 0 Å². The average Bonchev–Trinajstić information content (AvgIpc) is 2.45. The minimum atomic E-state index is -0.190. The molecule has 0 spiro atoms. The molecule has 0 saturated heterocycles. The van der Waals surface area contributed by atoms with E-state index in [0.29, 0.717) is 0 Å². The van der Waals surface area contributed by atoms with E-state index in [1.54, 1.807) is 12.1 Å². The highest BCUT2D eigenvalue weighted by Gasteiger charge is 2.06. The lowest BCUT2D eigenvalue weighted by atomic mass is 10.00. The minimum Gasteiger partial charge on any atom is -0.324 e. The van der Waals surface area contributed by atoms with Gasteiger partial charge in [0.05, 0.1) is 0 Å². The number of unbranched alkanes of at least 4 members (excludes halogenated alkanes) is 8. The van der Waals surface area contributed by atoms with Gasteiger partial charge in [-0.1, -0.05) is 76.8 Å². The van der Waals surface area contributed by atoms with Gasteiger partial charge in [-0.15, -0.1) is 0 Å².